The van der Waals surface area contributed by atoms with Gasteiger partial charge in [-0.3, -0.25) is 15.1 Å². The van der Waals surface area contributed by atoms with Crippen LogP contribution in [0.25, 0.3) is 0 Å². The second-order valence-electron chi connectivity index (χ2n) is 3.25. The van der Waals surface area contributed by atoms with Crippen LogP contribution in [0.2, 0.25) is 5.15 Å². The second kappa shape index (κ2) is 5.42. The van der Waals surface area contributed by atoms with Crippen LogP contribution in [0, 0.1) is 0 Å². The Labute approximate surface area is 108 Å². The van der Waals surface area contributed by atoms with Crippen LogP contribution in [0.15, 0.2) is 30.6 Å². The third kappa shape index (κ3) is 2.92. The number of carbonyl (C=O) groups excluding carboxylic acids is 1. The summed E-state index contributed by atoms with van der Waals surface area (Å²) in [6, 6.07) is 4.74. The van der Waals surface area contributed by atoms with Gasteiger partial charge in [-0.25, -0.2) is 4.98 Å². The van der Waals surface area contributed by atoms with E-state index in [1.165, 1.54) is 19.4 Å². The molecule has 7 heteroatoms. The van der Waals surface area contributed by atoms with Gasteiger partial charge < -0.3 is 4.74 Å². The Kier molecular flexibility index (Phi) is 3.69. The van der Waals surface area contributed by atoms with E-state index in [1.807, 2.05) is 0 Å². The highest BCUT2D eigenvalue weighted by Gasteiger charge is 2.09. The molecule has 1 amide bonds. The number of nitrogens with zero attached hydrogens (tertiary/aromatic N) is 3. The lowest BCUT2D eigenvalue weighted by atomic mass is 10.3. The maximum atomic E-state index is 11.8. The molecule has 0 aromatic carbocycles. The van der Waals surface area contributed by atoms with Gasteiger partial charge in [0, 0.05) is 18.5 Å². The van der Waals surface area contributed by atoms with E-state index in [9.17, 15) is 4.79 Å². The Morgan fingerprint density at radius 1 is 1.44 bits per heavy atom. The minimum absolute atomic E-state index is 0.0770. The number of anilines is 1. The minimum Gasteiger partial charge on any atom is -0.481 e. The number of methoxy groups -OCH3 is 1. The minimum atomic E-state index is -0.368. The molecule has 6 nitrogen and oxygen atoms in total. The van der Waals surface area contributed by atoms with Crippen LogP contribution < -0.4 is 10.1 Å². The Bertz CT molecular complexity index is 562. The molecule has 2 rings (SSSR count). The second-order valence-corrected chi connectivity index (χ2v) is 3.64. The van der Waals surface area contributed by atoms with E-state index in [2.05, 4.69) is 20.3 Å². The molecule has 0 aliphatic carbocycles. The Morgan fingerprint density at radius 3 is 2.94 bits per heavy atom. The Hall–Kier alpha value is -2.21. The van der Waals surface area contributed by atoms with Gasteiger partial charge >= 0.3 is 0 Å². The molecule has 2 aromatic rings. The van der Waals surface area contributed by atoms with Crippen molar-refractivity contribution >= 4 is 23.5 Å². The first-order valence-electron chi connectivity index (χ1n) is 4.99. The molecule has 0 fully saturated rings. The van der Waals surface area contributed by atoms with Crippen molar-refractivity contribution in [2.75, 3.05) is 12.4 Å². The highest BCUT2D eigenvalue weighted by atomic mass is 35.5. The van der Waals surface area contributed by atoms with E-state index in [0.717, 1.165) is 0 Å². The van der Waals surface area contributed by atoms with Crippen LogP contribution in [0.5, 0.6) is 5.88 Å². The topological polar surface area (TPSA) is 77.0 Å². The highest BCUT2D eigenvalue weighted by molar-refractivity contribution is 6.29. The summed E-state index contributed by atoms with van der Waals surface area (Å²) < 4.78 is 4.92. The molecule has 1 N–H and O–H groups in total. The van der Waals surface area contributed by atoms with E-state index >= 15 is 0 Å². The SMILES string of the molecule is COc1cc(Cl)nc(NC(=O)c2cccnc2)n1. The normalized spacial score (nSPS) is 9.89. The summed E-state index contributed by atoms with van der Waals surface area (Å²) in [6.07, 6.45) is 3.02. The summed E-state index contributed by atoms with van der Waals surface area (Å²) in [5.74, 6) is -0.0166. The summed E-state index contributed by atoms with van der Waals surface area (Å²) in [5, 5.41) is 2.69. The number of halogens is 1. The van der Waals surface area contributed by atoms with Crippen LogP contribution in [0.4, 0.5) is 5.95 Å². The molecule has 0 radical (unpaired) electrons. The van der Waals surface area contributed by atoms with Gasteiger partial charge in [-0.15, -0.1) is 0 Å². The van der Waals surface area contributed by atoms with E-state index in [-0.39, 0.29) is 22.9 Å². The molecule has 0 aliphatic heterocycles. The first-order chi connectivity index (χ1) is 8.69. The van der Waals surface area contributed by atoms with Crippen molar-refractivity contribution in [1.29, 1.82) is 0 Å². The average molecular weight is 265 g/mol. The Balaban J connectivity index is 2.19. The zero-order valence-electron chi connectivity index (χ0n) is 9.42. The van der Waals surface area contributed by atoms with E-state index in [0.29, 0.717) is 5.56 Å². The molecule has 0 bridgehead atoms. The van der Waals surface area contributed by atoms with Gasteiger partial charge in [0.15, 0.2) is 0 Å². The number of carbonyl (C=O) groups is 1. The van der Waals surface area contributed by atoms with E-state index in [1.54, 1.807) is 18.3 Å². The van der Waals surface area contributed by atoms with Crippen molar-refractivity contribution in [2.45, 2.75) is 0 Å². The highest BCUT2D eigenvalue weighted by Crippen LogP contribution is 2.16. The van der Waals surface area contributed by atoms with Gasteiger partial charge in [-0.1, -0.05) is 11.6 Å². The Morgan fingerprint density at radius 2 is 2.28 bits per heavy atom. The standard InChI is InChI=1S/C11H9ClN4O2/c1-18-9-5-8(12)14-11(15-9)16-10(17)7-3-2-4-13-6-7/h2-6H,1H3,(H,14,15,16,17). The zero-order chi connectivity index (χ0) is 13.0. The number of amides is 1. The molecule has 0 atom stereocenters. The lowest BCUT2D eigenvalue weighted by molar-refractivity contribution is 0.102. The number of aromatic nitrogens is 3. The first-order valence-corrected chi connectivity index (χ1v) is 5.37. The van der Waals surface area contributed by atoms with Gasteiger partial charge in [-0.2, -0.15) is 4.98 Å². The fourth-order valence-electron chi connectivity index (χ4n) is 1.23. The summed E-state index contributed by atoms with van der Waals surface area (Å²) in [5.41, 5.74) is 0.403. The van der Waals surface area contributed by atoms with Crippen LogP contribution in [0.1, 0.15) is 10.4 Å². The number of pyridine rings is 1. The molecule has 0 unspecified atom stereocenters. The maximum absolute atomic E-state index is 11.8. The average Bonchev–Trinajstić information content (AvgIpc) is 2.39. The number of rotatable bonds is 3. The lowest BCUT2D eigenvalue weighted by Gasteiger charge is -2.05. The van der Waals surface area contributed by atoms with Crippen LogP contribution in [-0.4, -0.2) is 28.0 Å². The smallest absolute Gasteiger partial charge is 0.259 e. The fraction of sp³-hybridized carbons (Fsp3) is 0.0909. The fourth-order valence-corrected chi connectivity index (χ4v) is 1.40. The first kappa shape index (κ1) is 12.3. The summed E-state index contributed by atoms with van der Waals surface area (Å²) in [7, 11) is 1.45. The molecule has 92 valence electrons. The van der Waals surface area contributed by atoms with Gasteiger partial charge in [-0.05, 0) is 12.1 Å². The van der Waals surface area contributed by atoms with Crippen LogP contribution in [0.3, 0.4) is 0 Å². The van der Waals surface area contributed by atoms with Crippen molar-refractivity contribution in [3.8, 4) is 5.88 Å². The van der Waals surface area contributed by atoms with E-state index < -0.39 is 0 Å². The molecule has 2 aromatic heterocycles. The number of ether oxygens (including phenoxy) is 1. The van der Waals surface area contributed by atoms with Crippen molar-refractivity contribution in [3.05, 3.63) is 41.3 Å². The van der Waals surface area contributed by atoms with Gasteiger partial charge in [0.1, 0.15) is 5.15 Å². The van der Waals surface area contributed by atoms with Crippen molar-refractivity contribution in [1.82, 2.24) is 15.0 Å². The molecule has 2 heterocycles. The molecule has 0 saturated heterocycles. The van der Waals surface area contributed by atoms with E-state index in [4.69, 9.17) is 16.3 Å². The molecule has 0 aliphatic rings. The zero-order valence-corrected chi connectivity index (χ0v) is 10.2. The van der Waals surface area contributed by atoms with Crippen molar-refractivity contribution in [2.24, 2.45) is 0 Å². The molecular formula is C11H9ClN4O2. The predicted molar refractivity (Wildman–Crippen MR) is 65.8 cm³/mol. The largest absolute Gasteiger partial charge is 0.481 e. The van der Waals surface area contributed by atoms with Crippen molar-refractivity contribution in [3.63, 3.8) is 0 Å². The van der Waals surface area contributed by atoms with Gasteiger partial charge in [0.05, 0.1) is 12.7 Å². The van der Waals surface area contributed by atoms with Gasteiger partial charge in [0.2, 0.25) is 11.8 Å². The number of hydrogen-bond acceptors (Lipinski definition) is 5. The quantitative estimate of drug-likeness (QED) is 0.855. The molecule has 0 spiro atoms. The molecule has 0 saturated carbocycles. The van der Waals surface area contributed by atoms with Gasteiger partial charge in [0.25, 0.3) is 5.91 Å². The summed E-state index contributed by atoms with van der Waals surface area (Å²) in [6.45, 7) is 0. The lowest BCUT2D eigenvalue weighted by Crippen LogP contribution is -2.14. The third-order valence-electron chi connectivity index (χ3n) is 2.03. The maximum Gasteiger partial charge on any atom is 0.259 e. The molecular weight excluding hydrogens is 256 g/mol. The monoisotopic (exact) mass is 264 g/mol. The number of nitrogens with one attached hydrogen (secondary N) is 1. The molecule has 18 heavy (non-hydrogen) atoms. The summed E-state index contributed by atoms with van der Waals surface area (Å²) in [4.78, 5) is 23.5. The van der Waals surface area contributed by atoms with Crippen LogP contribution >= 0.6 is 11.6 Å². The van der Waals surface area contributed by atoms with Crippen molar-refractivity contribution < 1.29 is 9.53 Å². The van der Waals surface area contributed by atoms with Crippen LogP contribution in [-0.2, 0) is 0 Å². The third-order valence-corrected chi connectivity index (χ3v) is 2.22. The predicted octanol–water partition coefficient (Wildman–Crippen LogP) is 1.79. The number of hydrogen-bond donors (Lipinski definition) is 1. The summed E-state index contributed by atoms with van der Waals surface area (Å²) >= 11 is 5.76.